The highest BCUT2D eigenvalue weighted by Crippen LogP contribution is 2.17. The van der Waals surface area contributed by atoms with E-state index in [2.05, 4.69) is 10.6 Å². The zero-order valence-corrected chi connectivity index (χ0v) is 13.4. The molecule has 6 nitrogen and oxygen atoms in total. The van der Waals surface area contributed by atoms with Gasteiger partial charge < -0.3 is 21.1 Å². The highest BCUT2D eigenvalue weighted by molar-refractivity contribution is 5.87. The van der Waals surface area contributed by atoms with Crippen molar-refractivity contribution in [2.75, 3.05) is 13.2 Å². The first-order valence-corrected chi connectivity index (χ1v) is 7.46. The minimum absolute atomic E-state index is 0.0288. The van der Waals surface area contributed by atoms with Crippen molar-refractivity contribution in [2.45, 2.75) is 33.4 Å². The molecular weight excluding hydrogens is 282 g/mol. The maximum atomic E-state index is 11.8. The molecule has 0 heterocycles. The largest absolute Gasteiger partial charge is 0.494 e. The van der Waals surface area contributed by atoms with Crippen LogP contribution in [0.2, 0.25) is 0 Å². The quantitative estimate of drug-likeness (QED) is 0.662. The molecule has 1 rings (SSSR count). The Balaban J connectivity index is 2.42. The monoisotopic (exact) mass is 307 g/mol. The summed E-state index contributed by atoms with van der Waals surface area (Å²) in [6, 6.07) is 6.90. The number of rotatable bonds is 8. The molecule has 0 fully saturated rings. The maximum Gasteiger partial charge on any atom is 0.239 e. The molecule has 0 aromatic heterocycles. The van der Waals surface area contributed by atoms with Crippen LogP contribution in [0, 0.1) is 5.92 Å². The molecule has 0 saturated heterocycles. The minimum Gasteiger partial charge on any atom is -0.494 e. The molecule has 1 aromatic carbocycles. The molecule has 0 spiro atoms. The van der Waals surface area contributed by atoms with Crippen LogP contribution < -0.4 is 21.1 Å². The highest BCUT2D eigenvalue weighted by atomic mass is 16.5. The average Bonchev–Trinajstić information content (AvgIpc) is 2.51. The second-order valence-corrected chi connectivity index (χ2v) is 5.31. The zero-order valence-electron chi connectivity index (χ0n) is 13.4. The Hall–Kier alpha value is -2.08. The van der Waals surface area contributed by atoms with E-state index in [1.54, 1.807) is 0 Å². The van der Waals surface area contributed by atoms with E-state index in [0.29, 0.717) is 13.2 Å². The molecule has 0 bridgehead atoms. The number of ether oxygens (including phenoxy) is 1. The van der Waals surface area contributed by atoms with Crippen molar-refractivity contribution in [3.63, 3.8) is 0 Å². The summed E-state index contributed by atoms with van der Waals surface area (Å²) in [7, 11) is 0. The molecule has 0 aliphatic rings. The lowest BCUT2D eigenvalue weighted by Crippen LogP contribution is -2.47. The lowest BCUT2D eigenvalue weighted by atomic mass is 10.1. The molecule has 0 unspecified atom stereocenters. The molecule has 2 amide bonds. The van der Waals surface area contributed by atoms with E-state index in [9.17, 15) is 9.59 Å². The fourth-order valence-electron chi connectivity index (χ4n) is 1.79. The topological polar surface area (TPSA) is 93.5 Å². The first-order chi connectivity index (χ1) is 10.5. The van der Waals surface area contributed by atoms with Gasteiger partial charge in [-0.05, 0) is 18.9 Å². The van der Waals surface area contributed by atoms with Gasteiger partial charge in [0.25, 0.3) is 0 Å². The molecular formula is C16H25N3O3. The van der Waals surface area contributed by atoms with E-state index in [-0.39, 0.29) is 24.3 Å². The number of carbonyl (C=O) groups excluding carboxylic acids is 2. The maximum absolute atomic E-state index is 11.8. The second kappa shape index (κ2) is 9.04. The van der Waals surface area contributed by atoms with E-state index in [1.165, 1.54) is 0 Å². The smallest absolute Gasteiger partial charge is 0.239 e. The number of para-hydroxylation sites is 1. The van der Waals surface area contributed by atoms with Gasteiger partial charge in [0.15, 0.2) is 0 Å². The van der Waals surface area contributed by atoms with Crippen molar-refractivity contribution in [1.82, 2.24) is 10.6 Å². The van der Waals surface area contributed by atoms with Crippen molar-refractivity contribution < 1.29 is 14.3 Å². The van der Waals surface area contributed by atoms with E-state index >= 15 is 0 Å². The summed E-state index contributed by atoms with van der Waals surface area (Å²) >= 11 is 0. The van der Waals surface area contributed by atoms with Crippen molar-refractivity contribution >= 4 is 11.8 Å². The van der Waals surface area contributed by atoms with E-state index in [4.69, 9.17) is 10.5 Å². The molecule has 122 valence electrons. The Labute approximate surface area is 131 Å². The van der Waals surface area contributed by atoms with Gasteiger partial charge in [-0.3, -0.25) is 9.59 Å². The van der Waals surface area contributed by atoms with Gasteiger partial charge in [-0.15, -0.1) is 0 Å². The predicted octanol–water partition coefficient (Wildman–Crippen LogP) is 0.801. The molecule has 1 atom stereocenters. The Morgan fingerprint density at radius 1 is 1.23 bits per heavy atom. The van der Waals surface area contributed by atoms with Crippen LogP contribution in [0.4, 0.5) is 0 Å². The summed E-state index contributed by atoms with van der Waals surface area (Å²) in [5, 5.41) is 5.28. The van der Waals surface area contributed by atoms with Crippen molar-refractivity contribution in [1.29, 1.82) is 0 Å². The normalized spacial score (nSPS) is 11.9. The van der Waals surface area contributed by atoms with Crippen LogP contribution in [0.5, 0.6) is 5.75 Å². The van der Waals surface area contributed by atoms with Crippen LogP contribution in [0.3, 0.4) is 0 Å². The minimum atomic E-state index is -0.605. The summed E-state index contributed by atoms with van der Waals surface area (Å²) in [5.41, 5.74) is 6.60. The van der Waals surface area contributed by atoms with Gasteiger partial charge in [0.05, 0.1) is 19.2 Å². The number of hydrogen-bond donors (Lipinski definition) is 3. The number of benzene rings is 1. The third-order valence-corrected chi connectivity index (χ3v) is 3.19. The van der Waals surface area contributed by atoms with E-state index in [0.717, 1.165) is 11.3 Å². The molecule has 4 N–H and O–H groups in total. The third kappa shape index (κ3) is 5.73. The SMILES string of the molecule is CCOc1ccccc1CNC(=O)CNC(=O)[C@@H](N)C(C)C. The summed E-state index contributed by atoms with van der Waals surface area (Å²) in [4.78, 5) is 23.4. The number of nitrogens with two attached hydrogens (primary N) is 1. The predicted molar refractivity (Wildman–Crippen MR) is 85.3 cm³/mol. The Kier molecular flexibility index (Phi) is 7.39. The molecule has 0 radical (unpaired) electrons. The van der Waals surface area contributed by atoms with Gasteiger partial charge in [0, 0.05) is 12.1 Å². The van der Waals surface area contributed by atoms with Crippen LogP contribution in [-0.2, 0) is 16.1 Å². The molecule has 0 aliphatic heterocycles. The molecule has 1 aromatic rings. The van der Waals surface area contributed by atoms with Gasteiger partial charge in [0.1, 0.15) is 5.75 Å². The van der Waals surface area contributed by atoms with E-state index < -0.39 is 6.04 Å². The summed E-state index contributed by atoms with van der Waals surface area (Å²) in [6.07, 6.45) is 0. The second-order valence-electron chi connectivity index (χ2n) is 5.31. The molecule has 0 aliphatic carbocycles. The first kappa shape index (κ1) is 18.0. The zero-order chi connectivity index (χ0) is 16.5. The van der Waals surface area contributed by atoms with Gasteiger partial charge >= 0.3 is 0 Å². The Morgan fingerprint density at radius 2 is 1.91 bits per heavy atom. The van der Waals surface area contributed by atoms with Crippen LogP contribution in [0.1, 0.15) is 26.3 Å². The van der Waals surface area contributed by atoms with Crippen LogP contribution >= 0.6 is 0 Å². The number of nitrogens with one attached hydrogen (secondary N) is 2. The molecule has 0 saturated carbocycles. The van der Waals surface area contributed by atoms with Crippen LogP contribution in [0.15, 0.2) is 24.3 Å². The van der Waals surface area contributed by atoms with Crippen molar-refractivity contribution in [2.24, 2.45) is 11.7 Å². The van der Waals surface area contributed by atoms with E-state index in [1.807, 2.05) is 45.0 Å². The Morgan fingerprint density at radius 3 is 2.55 bits per heavy atom. The Bertz CT molecular complexity index is 503. The summed E-state index contributed by atoms with van der Waals surface area (Å²) in [5.74, 6) is 0.188. The average molecular weight is 307 g/mol. The van der Waals surface area contributed by atoms with Crippen LogP contribution in [0.25, 0.3) is 0 Å². The van der Waals surface area contributed by atoms with Crippen molar-refractivity contribution in [3.05, 3.63) is 29.8 Å². The fraction of sp³-hybridized carbons (Fsp3) is 0.500. The van der Waals surface area contributed by atoms with Gasteiger partial charge in [0.2, 0.25) is 11.8 Å². The fourth-order valence-corrected chi connectivity index (χ4v) is 1.79. The number of hydrogen-bond acceptors (Lipinski definition) is 4. The van der Waals surface area contributed by atoms with Gasteiger partial charge in [-0.25, -0.2) is 0 Å². The first-order valence-electron chi connectivity index (χ1n) is 7.46. The summed E-state index contributed by atoms with van der Waals surface area (Å²) < 4.78 is 5.49. The molecule has 22 heavy (non-hydrogen) atoms. The third-order valence-electron chi connectivity index (χ3n) is 3.19. The lowest BCUT2D eigenvalue weighted by Gasteiger charge is -2.15. The lowest BCUT2D eigenvalue weighted by molar-refractivity contribution is -0.127. The van der Waals surface area contributed by atoms with Crippen molar-refractivity contribution in [3.8, 4) is 5.75 Å². The highest BCUT2D eigenvalue weighted by Gasteiger charge is 2.17. The van der Waals surface area contributed by atoms with Gasteiger partial charge in [-0.2, -0.15) is 0 Å². The number of amides is 2. The standard InChI is InChI=1S/C16H25N3O3/c1-4-22-13-8-6-5-7-12(13)9-18-14(20)10-19-16(21)15(17)11(2)3/h5-8,11,15H,4,9-10,17H2,1-3H3,(H,18,20)(H,19,21)/t15-/m0/s1. The van der Waals surface area contributed by atoms with Gasteiger partial charge in [-0.1, -0.05) is 32.0 Å². The van der Waals surface area contributed by atoms with Crippen LogP contribution in [-0.4, -0.2) is 31.0 Å². The number of carbonyl (C=O) groups is 2. The molecule has 6 heteroatoms. The summed E-state index contributed by atoms with van der Waals surface area (Å²) in [6.45, 7) is 6.44.